The number of nitrogens with one attached hydrogen (secondary N) is 2. The normalized spacial score (nSPS) is 11.2. The highest BCUT2D eigenvalue weighted by atomic mass is 32.1. The second-order valence-corrected chi connectivity index (χ2v) is 4.93. The molecule has 0 aliphatic rings. The molecule has 0 unspecified atom stereocenters. The molecule has 2 aromatic rings. The maximum atomic E-state index is 10.9. The van der Waals surface area contributed by atoms with E-state index in [4.69, 9.17) is 9.94 Å². The van der Waals surface area contributed by atoms with Crippen molar-refractivity contribution in [3.8, 4) is 5.75 Å². The van der Waals surface area contributed by atoms with Gasteiger partial charge in [0.05, 0.1) is 11.8 Å². The minimum Gasteiger partial charge on any atom is -0.506 e. The van der Waals surface area contributed by atoms with Crippen LogP contribution >= 0.6 is 11.3 Å². The van der Waals surface area contributed by atoms with Crippen LogP contribution in [-0.4, -0.2) is 40.8 Å². The van der Waals surface area contributed by atoms with Gasteiger partial charge in [0.2, 0.25) is 0 Å². The highest BCUT2D eigenvalue weighted by Crippen LogP contribution is 2.22. The minimum absolute atomic E-state index is 0.0396. The van der Waals surface area contributed by atoms with E-state index in [1.807, 2.05) is 0 Å². The van der Waals surface area contributed by atoms with Gasteiger partial charge in [0.25, 0.3) is 0 Å². The van der Waals surface area contributed by atoms with Crippen LogP contribution in [0.3, 0.4) is 0 Å². The first-order valence-corrected chi connectivity index (χ1v) is 7.04. The summed E-state index contributed by atoms with van der Waals surface area (Å²) in [4.78, 5) is 24.1. The van der Waals surface area contributed by atoms with Gasteiger partial charge in [-0.15, -0.1) is 11.3 Å². The molecule has 2 aromatic heterocycles. The maximum absolute atomic E-state index is 10.9. The number of hydrogen-bond acceptors (Lipinski definition) is 7. The Morgan fingerprint density at radius 3 is 2.91 bits per heavy atom. The highest BCUT2D eigenvalue weighted by Gasteiger charge is 2.11. The Bertz CT molecular complexity index is 669. The maximum Gasteiger partial charge on any atom is 0.338 e. The Morgan fingerprint density at radius 2 is 2.27 bits per heavy atom. The molecule has 0 atom stereocenters. The fraction of sp³-hybridized carbons (Fsp3) is 0.154. The molecule has 2 heterocycles. The van der Waals surface area contributed by atoms with Crippen LogP contribution in [0.5, 0.6) is 5.75 Å². The van der Waals surface area contributed by atoms with Crippen LogP contribution < -0.4 is 10.8 Å². The topological polar surface area (TPSA) is 116 Å². The third-order valence-corrected chi connectivity index (χ3v) is 3.46. The lowest BCUT2D eigenvalue weighted by Gasteiger charge is -2.10. The molecule has 8 nitrogen and oxygen atoms in total. The van der Waals surface area contributed by atoms with Crippen molar-refractivity contribution in [2.24, 2.45) is 4.99 Å². The van der Waals surface area contributed by atoms with E-state index in [1.54, 1.807) is 18.5 Å². The van der Waals surface area contributed by atoms with Gasteiger partial charge in [-0.1, -0.05) is 0 Å². The molecule has 0 radical (unpaired) electrons. The van der Waals surface area contributed by atoms with Crippen molar-refractivity contribution >= 4 is 28.1 Å². The van der Waals surface area contributed by atoms with E-state index in [0.717, 1.165) is 0 Å². The van der Waals surface area contributed by atoms with Crippen LogP contribution in [0.4, 0.5) is 5.00 Å². The fourth-order valence-corrected chi connectivity index (χ4v) is 2.32. The largest absolute Gasteiger partial charge is 0.506 e. The SMILES string of the molecule is CN=C(NOCNc1sccc1C(=O)O)c1ccc(O)cn1. The summed E-state index contributed by atoms with van der Waals surface area (Å²) in [6.07, 6.45) is 1.30. The summed E-state index contributed by atoms with van der Waals surface area (Å²) in [6, 6.07) is 4.59. The molecule has 4 N–H and O–H groups in total. The second-order valence-electron chi connectivity index (χ2n) is 4.01. The van der Waals surface area contributed by atoms with Gasteiger partial charge in [0.15, 0.2) is 5.84 Å². The first kappa shape index (κ1) is 15.7. The summed E-state index contributed by atoms with van der Waals surface area (Å²) in [6.45, 7) is 0.0396. The Hall–Kier alpha value is -2.65. The molecule has 0 fully saturated rings. The summed E-state index contributed by atoms with van der Waals surface area (Å²) in [5.41, 5.74) is 3.31. The van der Waals surface area contributed by atoms with Crippen LogP contribution in [0.25, 0.3) is 0 Å². The molecule has 9 heteroatoms. The van der Waals surface area contributed by atoms with Gasteiger partial charge < -0.3 is 15.5 Å². The first-order valence-electron chi connectivity index (χ1n) is 6.16. The quantitative estimate of drug-likeness (QED) is 0.209. The zero-order valence-corrected chi connectivity index (χ0v) is 12.4. The van der Waals surface area contributed by atoms with Gasteiger partial charge in [0.1, 0.15) is 23.2 Å². The van der Waals surface area contributed by atoms with Crippen molar-refractivity contribution in [1.82, 2.24) is 10.5 Å². The lowest BCUT2D eigenvalue weighted by atomic mass is 10.3. The molecular formula is C13H14N4O4S. The third kappa shape index (κ3) is 3.93. The average Bonchev–Trinajstić information content (AvgIpc) is 2.97. The van der Waals surface area contributed by atoms with Crippen LogP contribution in [0, 0.1) is 0 Å². The van der Waals surface area contributed by atoms with E-state index in [9.17, 15) is 9.90 Å². The number of rotatable bonds is 6. The molecular weight excluding hydrogens is 308 g/mol. The van der Waals surface area contributed by atoms with Gasteiger partial charge in [0, 0.05) is 7.05 Å². The summed E-state index contributed by atoms with van der Waals surface area (Å²) >= 11 is 1.27. The summed E-state index contributed by atoms with van der Waals surface area (Å²) in [7, 11) is 1.56. The lowest BCUT2D eigenvalue weighted by molar-refractivity contribution is 0.0697. The molecule has 116 valence electrons. The summed E-state index contributed by atoms with van der Waals surface area (Å²) in [5, 5.41) is 23.2. The number of nitrogens with zero attached hydrogens (tertiary/aromatic N) is 2. The zero-order valence-electron chi connectivity index (χ0n) is 11.6. The number of carboxylic acid groups (broad SMARTS) is 1. The van der Waals surface area contributed by atoms with Crippen molar-refractivity contribution in [1.29, 1.82) is 0 Å². The number of aliphatic imine (C=N–C) groups is 1. The number of carbonyl (C=O) groups is 1. The number of pyridine rings is 1. The van der Waals surface area contributed by atoms with Crippen molar-refractivity contribution in [3.63, 3.8) is 0 Å². The number of aromatic hydroxyl groups is 1. The number of aromatic nitrogens is 1. The predicted octanol–water partition coefficient (Wildman–Crippen LogP) is 1.51. The molecule has 0 saturated heterocycles. The number of aromatic carboxylic acids is 1. The van der Waals surface area contributed by atoms with Gasteiger partial charge >= 0.3 is 5.97 Å². The Morgan fingerprint density at radius 1 is 1.45 bits per heavy atom. The predicted molar refractivity (Wildman–Crippen MR) is 82.4 cm³/mol. The highest BCUT2D eigenvalue weighted by molar-refractivity contribution is 7.14. The van der Waals surface area contributed by atoms with Gasteiger partial charge in [-0.3, -0.25) is 9.83 Å². The first-order chi connectivity index (χ1) is 10.6. The van der Waals surface area contributed by atoms with Gasteiger partial charge in [-0.2, -0.15) is 0 Å². The molecule has 0 amide bonds. The van der Waals surface area contributed by atoms with E-state index in [1.165, 1.54) is 29.7 Å². The Kier molecular flexibility index (Phi) is 5.28. The molecule has 0 aliphatic heterocycles. The number of thiophene rings is 1. The van der Waals surface area contributed by atoms with E-state index in [-0.39, 0.29) is 18.0 Å². The van der Waals surface area contributed by atoms with Crippen LogP contribution in [0.15, 0.2) is 34.8 Å². The van der Waals surface area contributed by atoms with Crippen LogP contribution in [0.2, 0.25) is 0 Å². The second kappa shape index (κ2) is 7.38. The summed E-state index contributed by atoms with van der Waals surface area (Å²) < 4.78 is 0. The van der Waals surface area contributed by atoms with Crippen molar-refractivity contribution in [2.75, 3.05) is 19.1 Å². The minimum atomic E-state index is -0.999. The third-order valence-electron chi connectivity index (χ3n) is 2.58. The number of carboxylic acids is 1. The fourth-order valence-electron chi connectivity index (χ4n) is 1.56. The van der Waals surface area contributed by atoms with Crippen molar-refractivity contribution in [2.45, 2.75) is 0 Å². The number of amidine groups is 1. The monoisotopic (exact) mass is 322 g/mol. The molecule has 2 rings (SSSR count). The van der Waals surface area contributed by atoms with Crippen LogP contribution in [-0.2, 0) is 4.84 Å². The zero-order chi connectivity index (χ0) is 15.9. The van der Waals surface area contributed by atoms with Crippen molar-refractivity contribution in [3.05, 3.63) is 41.0 Å². The van der Waals surface area contributed by atoms with E-state index < -0.39 is 5.97 Å². The molecule has 0 spiro atoms. The molecule has 0 aromatic carbocycles. The molecule has 0 aliphatic carbocycles. The van der Waals surface area contributed by atoms with E-state index >= 15 is 0 Å². The molecule has 22 heavy (non-hydrogen) atoms. The summed E-state index contributed by atoms with van der Waals surface area (Å²) in [5.74, 6) is -0.562. The standard InChI is InChI=1S/C13H14N4O4S/c1-14-11(10-3-2-8(18)6-15-10)17-21-7-16-12-9(13(19)20)4-5-22-12/h2-6,16,18H,7H2,1H3,(H,14,17)(H,19,20). The molecule has 0 saturated carbocycles. The van der Waals surface area contributed by atoms with Crippen molar-refractivity contribution < 1.29 is 19.8 Å². The van der Waals surface area contributed by atoms with Gasteiger partial charge in [-0.05, 0) is 23.6 Å². The number of anilines is 1. The van der Waals surface area contributed by atoms with E-state index in [0.29, 0.717) is 16.5 Å². The average molecular weight is 322 g/mol. The smallest absolute Gasteiger partial charge is 0.338 e. The Labute approximate surface area is 130 Å². The lowest BCUT2D eigenvalue weighted by Crippen LogP contribution is -2.28. The van der Waals surface area contributed by atoms with Crippen LogP contribution in [0.1, 0.15) is 16.1 Å². The number of hydrogen-bond donors (Lipinski definition) is 4. The number of hydroxylamine groups is 1. The molecule has 0 bridgehead atoms. The Balaban J connectivity index is 1.86. The van der Waals surface area contributed by atoms with Gasteiger partial charge in [-0.25, -0.2) is 15.3 Å². The van der Waals surface area contributed by atoms with E-state index in [2.05, 4.69) is 20.8 Å².